The predicted molar refractivity (Wildman–Crippen MR) is 100 cm³/mol. The van der Waals surface area contributed by atoms with Crippen LogP contribution in [0.4, 0.5) is 0 Å². The van der Waals surface area contributed by atoms with Gasteiger partial charge in [0, 0.05) is 0 Å². The van der Waals surface area contributed by atoms with Crippen LogP contribution in [0.5, 0.6) is 0 Å². The maximum absolute atomic E-state index is 12.5. The standard InChI is InChI=1S/C17H31NO4SSi/c1-13-8-10-15(11-9-13)23(20,21)18-16(14(2)19)12-22-24(6,7)17(3,4)5/h8-11,14,16,18-19H,12H2,1-7H3/t14-,16+/m1/s1. The van der Waals surface area contributed by atoms with Crippen molar-refractivity contribution in [2.24, 2.45) is 0 Å². The molecule has 2 N–H and O–H groups in total. The molecule has 0 aliphatic carbocycles. The van der Waals surface area contributed by atoms with Gasteiger partial charge in [-0.05, 0) is 44.1 Å². The van der Waals surface area contributed by atoms with Crippen LogP contribution in [0.2, 0.25) is 18.1 Å². The molecule has 138 valence electrons. The van der Waals surface area contributed by atoms with E-state index in [2.05, 4.69) is 38.6 Å². The van der Waals surface area contributed by atoms with Crippen LogP contribution in [-0.2, 0) is 14.4 Å². The SMILES string of the molecule is Cc1ccc(S(=O)(=O)N[C@@H](CO[Si](C)(C)C(C)(C)C)[C@@H](C)O)cc1. The molecule has 24 heavy (non-hydrogen) atoms. The summed E-state index contributed by atoms with van der Waals surface area (Å²) >= 11 is 0. The summed E-state index contributed by atoms with van der Waals surface area (Å²) in [5.74, 6) is 0. The van der Waals surface area contributed by atoms with Gasteiger partial charge in [-0.25, -0.2) is 13.1 Å². The monoisotopic (exact) mass is 373 g/mol. The minimum atomic E-state index is -3.70. The third kappa shape index (κ3) is 5.67. The van der Waals surface area contributed by atoms with Gasteiger partial charge in [-0.1, -0.05) is 38.5 Å². The number of hydrogen-bond acceptors (Lipinski definition) is 4. The lowest BCUT2D eigenvalue weighted by atomic mass is 10.2. The quantitative estimate of drug-likeness (QED) is 0.720. The normalized spacial score (nSPS) is 16.0. The van der Waals surface area contributed by atoms with Gasteiger partial charge in [0.1, 0.15) is 0 Å². The fraction of sp³-hybridized carbons (Fsp3) is 0.647. The van der Waals surface area contributed by atoms with Crippen molar-refractivity contribution in [2.75, 3.05) is 6.61 Å². The Morgan fingerprint density at radius 1 is 1.21 bits per heavy atom. The van der Waals surface area contributed by atoms with E-state index >= 15 is 0 Å². The number of sulfonamides is 1. The Bertz CT molecular complexity index is 634. The second-order valence-corrected chi connectivity index (χ2v) is 14.4. The predicted octanol–water partition coefficient (Wildman–Crippen LogP) is 3.04. The molecule has 0 aromatic heterocycles. The van der Waals surface area contributed by atoms with Gasteiger partial charge < -0.3 is 9.53 Å². The largest absolute Gasteiger partial charge is 0.415 e. The minimum Gasteiger partial charge on any atom is -0.415 e. The first kappa shape index (κ1) is 21.3. The summed E-state index contributed by atoms with van der Waals surface area (Å²) in [4.78, 5) is 0.186. The molecule has 2 atom stereocenters. The zero-order valence-electron chi connectivity index (χ0n) is 15.8. The maximum atomic E-state index is 12.5. The van der Waals surface area contributed by atoms with Gasteiger partial charge >= 0.3 is 0 Å². The van der Waals surface area contributed by atoms with E-state index in [0.29, 0.717) is 0 Å². The summed E-state index contributed by atoms with van der Waals surface area (Å²) in [5, 5.41) is 9.99. The van der Waals surface area contributed by atoms with Crippen molar-refractivity contribution < 1.29 is 18.0 Å². The highest BCUT2D eigenvalue weighted by Gasteiger charge is 2.38. The number of hydrogen-bond donors (Lipinski definition) is 2. The molecule has 0 heterocycles. The molecule has 0 bridgehead atoms. The fourth-order valence-electron chi connectivity index (χ4n) is 1.77. The first-order valence-corrected chi connectivity index (χ1v) is 12.6. The first-order valence-electron chi connectivity index (χ1n) is 8.17. The summed E-state index contributed by atoms with van der Waals surface area (Å²) in [6.45, 7) is 14.2. The maximum Gasteiger partial charge on any atom is 0.240 e. The average Bonchev–Trinajstić information content (AvgIpc) is 2.42. The van der Waals surface area contributed by atoms with E-state index in [1.165, 1.54) is 0 Å². The molecular weight excluding hydrogens is 342 g/mol. The number of nitrogens with one attached hydrogen (secondary N) is 1. The lowest BCUT2D eigenvalue weighted by molar-refractivity contribution is 0.118. The average molecular weight is 374 g/mol. The van der Waals surface area contributed by atoms with Gasteiger partial charge in [-0.2, -0.15) is 0 Å². The van der Waals surface area contributed by atoms with E-state index in [4.69, 9.17) is 4.43 Å². The molecule has 0 saturated heterocycles. The van der Waals surface area contributed by atoms with Crippen LogP contribution < -0.4 is 4.72 Å². The third-order valence-electron chi connectivity index (χ3n) is 4.65. The van der Waals surface area contributed by atoms with Gasteiger partial charge in [-0.3, -0.25) is 0 Å². The molecule has 7 heteroatoms. The van der Waals surface area contributed by atoms with E-state index in [9.17, 15) is 13.5 Å². The van der Waals surface area contributed by atoms with Crippen molar-refractivity contribution in [1.82, 2.24) is 4.72 Å². The van der Waals surface area contributed by atoms with Crippen molar-refractivity contribution in [1.29, 1.82) is 0 Å². The van der Waals surface area contributed by atoms with Crippen molar-refractivity contribution in [3.05, 3.63) is 29.8 Å². The highest BCUT2D eigenvalue weighted by molar-refractivity contribution is 7.89. The second-order valence-electron chi connectivity index (χ2n) is 7.85. The minimum absolute atomic E-state index is 0.0199. The summed E-state index contributed by atoms with van der Waals surface area (Å²) < 4.78 is 33.7. The molecule has 0 radical (unpaired) electrons. The Morgan fingerprint density at radius 2 is 1.71 bits per heavy atom. The molecule has 0 spiro atoms. The topological polar surface area (TPSA) is 75.6 Å². The van der Waals surface area contributed by atoms with Gasteiger partial charge in [0.05, 0.1) is 23.6 Å². The number of rotatable bonds is 7. The second kappa shape index (κ2) is 7.66. The van der Waals surface area contributed by atoms with Gasteiger partial charge in [0.2, 0.25) is 10.0 Å². The Labute approximate surface area is 147 Å². The van der Waals surface area contributed by atoms with Crippen LogP contribution in [0.25, 0.3) is 0 Å². The van der Waals surface area contributed by atoms with Crippen LogP contribution in [0.1, 0.15) is 33.3 Å². The van der Waals surface area contributed by atoms with E-state index in [-0.39, 0.29) is 16.5 Å². The Balaban J connectivity index is 2.88. The number of aryl methyl sites for hydroxylation is 1. The molecule has 0 fully saturated rings. The van der Waals surface area contributed by atoms with E-state index < -0.39 is 30.5 Å². The van der Waals surface area contributed by atoms with E-state index in [1.807, 2.05) is 6.92 Å². The van der Waals surface area contributed by atoms with Crippen molar-refractivity contribution in [3.63, 3.8) is 0 Å². The molecule has 1 rings (SSSR count). The molecular formula is C17H31NO4SSi. The summed E-state index contributed by atoms with van der Waals surface area (Å²) in [6.07, 6.45) is -0.852. The molecule has 1 aromatic rings. The van der Waals surface area contributed by atoms with Gasteiger partial charge in [0.25, 0.3) is 0 Å². The molecule has 0 amide bonds. The molecule has 0 aliphatic rings. The highest BCUT2D eigenvalue weighted by atomic mass is 32.2. The zero-order chi connectivity index (χ0) is 18.8. The number of aliphatic hydroxyl groups is 1. The lowest BCUT2D eigenvalue weighted by Crippen LogP contribution is -2.49. The van der Waals surface area contributed by atoms with Crippen molar-refractivity contribution >= 4 is 18.3 Å². The van der Waals surface area contributed by atoms with Crippen molar-refractivity contribution in [3.8, 4) is 0 Å². The summed E-state index contributed by atoms with van der Waals surface area (Å²) in [5.41, 5.74) is 0.988. The van der Waals surface area contributed by atoms with Gasteiger partial charge in [-0.15, -0.1) is 0 Å². The number of aliphatic hydroxyl groups excluding tert-OH is 1. The third-order valence-corrected chi connectivity index (χ3v) is 10.7. The van der Waals surface area contributed by atoms with Crippen LogP contribution in [0.15, 0.2) is 29.2 Å². The first-order chi connectivity index (χ1) is 10.8. The Kier molecular flexibility index (Phi) is 6.80. The molecule has 0 saturated carbocycles. The van der Waals surface area contributed by atoms with Crippen molar-refractivity contribution in [2.45, 2.75) is 69.8 Å². The van der Waals surface area contributed by atoms with Crippen LogP contribution in [0, 0.1) is 6.92 Å². The Morgan fingerprint density at radius 3 is 2.12 bits per heavy atom. The Hall–Kier alpha value is -0.733. The number of benzene rings is 1. The molecule has 1 aromatic carbocycles. The van der Waals surface area contributed by atoms with E-state index in [0.717, 1.165) is 5.56 Å². The highest BCUT2D eigenvalue weighted by Crippen LogP contribution is 2.36. The zero-order valence-corrected chi connectivity index (χ0v) is 17.6. The fourth-order valence-corrected chi connectivity index (χ4v) is 4.09. The summed E-state index contributed by atoms with van der Waals surface area (Å²) in [6, 6.07) is 5.93. The molecule has 5 nitrogen and oxygen atoms in total. The van der Waals surface area contributed by atoms with E-state index in [1.54, 1.807) is 31.2 Å². The molecule has 0 unspecified atom stereocenters. The van der Waals surface area contributed by atoms with Crippen LogP contribution >= 0.6 is 0 Å². The lowest BCUT2D eigenvalue weighted by Gasteiger charge is -2.37. The summed E-state index contributed by atoms with van der Waals surface area (Å²) in [7, 11) is -5.72. The van der Waals surface area contributed by atoms with Crippen LogP contribution in [-0.4, -0.2) is 40.6 Å². The van der Waals surface area contributed by atoms with Crippen LogP contribution in [0.3, 0.4) is 0 Å². The smallest absolute Gasteiger partial charge is 0.240 e. The van der Waals surface area contributed by atoms with Gasteiger partial charge in [0.15, 0.2) is 8.32 Å². The molecule has 0 aliphatic heterocycles.